The highest BCUT2D eigenvalue weighted by atomic mass is 16.2. The first-order chi connectivity index (χ1) is 17.4. The molecule has 2 amide bonds. The summed E-state index contributed by atoms with van der Waals surface area (Å²) in [5, 5.41) is 3.11. The van der Waals surface area contributed by atoms with E-state index in [1.165, 1.54) is 4.57 Å². The van der Waals surface area contributed by atoms with Gasteiger partial charge in [-0.2, -0.15) is 0 Å². The van der Waals surface area contributed by atoms with Gasteiger partial charge in [-0.3, -0.25) is 23.9 Å². The zero-order valence-electron chi connectivity index (χ0n) is 20.3. The molecule has 1 aliphatic carbocycles. The van der Waals surface area contributed by atoms with Gasteiger partial charge in [0.15, 0.2) is 5.65 Å². The number of pyridine rings is 1. The van der Waals surface area contributed by atoms with Gasteiger partial charge < -0.3 is 16.0 Å². The quantitative estimate of drug-likeness (QED) is 0.464. The third-order valence-corrected chi connectivity index (χ3v) is 7.05. The maximum atomic E-state index is 13.6. The summed E-state index contributed by atoms with van der Waals surface area (Å²) in [5.74, 6) is -0.626. The molecule has 10 nitrogen and oxygen atoms in total. The number of nitrogens with two attached hydrogens (primary N) is 1. The number of aryl methyl sites for hydroxylation is 1. The number of para-hydroxylation sites is 2. The monoisotopic (exact) mass is 490 g/mol. The van der Waals surface area contributed by atoms with Gasteiger partial charge in [0.1, 0.15) is 0 Å². The molecule has 2 aromatic heterocycles. The summed E-state index contributed by atoms with van der Waals surface area (Å²) in [6, 6.07) is 9.15. The van der Waals surface area contributed by atoms with Crippen molar-refractivity contribution in [3.05, 3.63) is 62.4 Å². The maximum absolute atomic E-state index is 13.6. The number of primary amides is 1. The molecule has 1 aliphatic heterocycles. The summed E-state index contributed by atoms with van der Waals surface area (Å²) in [5.41, 5.74) is 6.96. The van der Waals surface area contributed by atoms with E-state index in [1.807, 2.05) is 31.2 Å². The number of hydrogen-bond acceptors (Lipinski definition) is 6. The standard InChI is InChI=1S/C26H30N6O4/c1-2-11-32-23-21(25(35)30-26(32)36)17(14-19(28-23)15-7-8-15)24(34)29-18-5-3-4-6-20(18)31-12-9-16(10-13-31)22(27)33/h3-6,14-16H,2,7-13H2,1H3,(H2,27,33)(H,29,34)(H,30,35,36). The molecule has 188 valence electrons. The fourth-order valence-corrected chi connectivity index (χ4v) is 4.94. The molecular weight excluding hydrogens is 460 g/mol. The molecule has 4 N–H and O–H groups in total. The Balaban J connectivity index is 1.53. The number of benzene rings is 1. The van der Waals surface area contributed by atoms with Gasteiger partial charge in [0.25, 0.3) is 11.5 Å². The highest BCUT2D eigenvalue weighted by molar-refractivity contribution is 6.12. The molecule has 5 rings (SSSR count). The smallest absolute Gasteiger partial charge is 0.329 e. The minimum absolute atomic E-state index is 0.115. The van der Waals surface area contributed by atoms with Crippen molar-refractivity contribution < 1.29 is 9.59 Å². The number of carbonyl (C=O) groups is 2. The van der Waals surface area contributed by atoms with Gasteiger partial charge in [-0.05, 0) is 50.3 Å². The topological polar surface area (TPSA) is 143 Å². The normalized spacial score (nSPS) is 16.3. The number of aromatic amines is 1. The molecule has 3 heterocycles. The number of nitrogens with zero attached hydrogens (tertiary/aromatic N) is 3. The van der Waals surface area contributed by atoms with E-state index in [0.29, 0.717) is 44.6 Å². The predicted molar refractivity (Wildman–Crippen MR) is 137 cm³/mol. The molecule has 2 aliphatic rings. The van der Waals surface area contributed by atoms with Gasteiger partial charge in [-0.15, -0.1) is 0 Å². The number of fused-ring (bicyclic) bond motifs is 1. The van der Waals surface area contributed by atoms with Crippen LogP contribution in [0.5, 0.6) is 0 Å². The molecular formula is C26H30N6O4. The Labute approximate surface area is 207 Å². The van der Waals surface area contributed by atoms with Crippen LogP contribution >= 0.6 is 0 Å². The zero-order valence-corrected chi connectivity index (χ0v) is 20.3. The van der Waals surface area contributed by atoms with Crippen molar-refractivity contribution >= 4 is 34.2 Å². The van der Waals surface area contributed by atoms with Crippen molar-refractivity contribution in [2.24, 2.45) is 11.7 Å². The van der Waals surface area contributed by atoms with Crippen LogP contribution in [0.25, 0.3) is 11.0 Å². The van der Waals surface area contributed by atoms with Crippen LogP contribution in [-0.4, -0.2) is 39.4 Å². The lowest BCUT2D eigenvalue weighted by Crippen LogP contribution is -2.39. The van der Waals surface area contributed by atoms with Gasteiger partial charge in [-0.1, -0.05) is 19.1 Å². The lowest BCUT2D eigenvalue weighted by molar-refractivity contribution is -0.122. The highest BCUT2D eigenvalue weighted by Gasteiger charge is 2.29. The van der Waals surface area contributed by atoms with Crippen molar-refractivity contribution in [3.63, 3.8) is 0 Å². The Morgan fingerprint density at radius 3 is 2.53 bits per heavy atom. The van der Waals surface area contributed by atoms with Crippen molar-refractivity contribution in [2.75, 3.05) is 23.3 Å². The van der Waals surface area contributed by atoms with E-state index < -0.39 is 17.2 Å². The molecule has 1 aromatic carbocycles. The van der Waals surface area contributed by atoms with Crippen LogP contribution in [0.1, 0.15) is 61.0 Å². The first-order valence-corrected chi connectivity index (χ1v) is 12.5. The Kier molecular flexibility index (Phi) is 6.34. The van der Waals surface area contributed by atoms with Crippen LogP contribution in [0.3, 0.4) is 0 Å². The number of rotatable bonds is 7. The summed E-state index contributed by atoms with van der Waals surface area (Å²) in [4.78, 5) is 59.8. The third-order valence-electron chi connectivity index (χ3n) is 7.05. The summed E-state index contributed by atoms with van der Waals surface area (Å²) in [6.45, 7) is 3.62. The maximum Gasteiger partial charge on any atom is 0.329 e. The van der Waals surface area contributed by atoms with Crippen molar-refractivity contribution in [1.82, 2.24) is 14.5 Å². The second-order valence-electron chi connectivity index (χ2n) is 9.61. The van der Waals surface area contributed by atoms with Gasteiger partial charge in [0.05, 0.1) is 22.3 Å². The first-order valence-electron chi connectivity index (χ1n) is 12.5. The first kappa shape index (κ1) is 23.8. The largest absolute Gasteiger partial charge is 0.370 e. The molecule has 10 heteroatoms. The Morgan fingerprint density at radius 2 is 1.86 bits per heavy atom. The molecule has 1 saturated carbocycles. The van der Waals surface area contributed by atoms with E-state index in [4.69, 9.17) is 5.73 Å². The highest BCUT2D eigenvalue weighted by Crippen LogP contribution is 2.40. The average molecular weight is 491 g/mol. The number of H-pyrrole nitrogens is 1. The lowest BCUT2D eigenvalue weighted by atomic mass is 9.96. The number of carbonyl (C=O) groups excluding carboxylic acids is 2. The number of hydrogen-bond donors (Lipinski definition) is 3. The fourth-order valence-electron chi connectivity index (χ4n) is 4.94. The van der Waals surface area contributed by atoms with Crippen molar-refractivity contribution in [1.29, 1.82) is 0 Å². The Hall–Kier alpha value is -3.95. The summed E-state index contributed by atoms with van der Waals surface area (Å²) >= 11 is 0. The van der Waals surface area contributed by atoms with E-state index in [9.17, 15) is 19.2 Å². The van der Waals surface area contributed by atoms with E-state index in [0.717, 1.165) is 24.2 Å². The number of anilines is 2. The third kappa shape index (κ3) is 4.50. The number of piperidine rings is 1. The van der Waals surface area contributed by atoms with Crippen LogP contribution < -0.4 is 27.2 Å². The number of aromatic nitrogens is 3. The fraction of sp³-hybridized carbons (Fsp3) is 0.423. The van der Waals surface area contributed by atoms with Gasteiger partial charge >= 0.3 is 5.69 Å². The summed E-state index contributed by atoms with van der Waals surface area (Å²) in [7, 11) is 0. The van der Waals surface area contributed by atoms with Gasteiger partial charge in [0.2, 0.25) is 5.91 Å². The van der Waals surface area contributed by atoms with E-state index in [2.05, 4.69) is 20.2 Å². The average Bonchev–Trinajstić information content (AvgIpc) is 3.72. The lowest BCUT2D eigenvalue weighted by Gasteiger charge is -2.33. The molecule has 0 unspecified atom stereocenters. The van der Waals surface area contributed by atoms with Crippen LogP contribution in [0.15, 0.2) is 39.9 Å². The van der Waals surface area contributed by atoms with Crippen LogP contribution in [0, 0.1) is 5.92 Å². The second kappa shape index (κ2) is 9.60. The van der Waals surface area contributed by atoms with Crippen LogP contribution in [0.4, 0.5) is 11.4 Å². The summed E-state index contributed by atoms with van der Waals surface area (Å²) < 4.78 is 1.44. The minimum Gasteiger partial charge on any atom is -0.370 e. The molecule has 1 saturated heterocycles. The summed E-state index contributed by atoms with van der Waals surface area (Å²) in [6.07, 6.45) is 3.91. The molecule has 0 radical (unpaired) electrons. The van der Waals surface area contributed by atoms with E-state index >= 15 is 0 Å². The van der Waals surface area contributed by atoms with E-state index in [-0.39, 0.29) is 34.3 Å². The Bertz CT molecular complexity index is 1450. The number of amides is 2. The Morgan fingerprint density at radius 1 is 1.14 bits per heavy atom. The molecule has 36 heavy (non-hydrogen) atoms. The molecule has 0 bridgehead atoms. The van der Waals surface area contributed by atoms with Gasteiger partial charge in [0, 0.05) is 37.2 Å². The predicted octanol–water partition coefficient (Wildman–Crippen LogP) is 2.33. The zero-order chi connectivity index (χ0) is 25.4. The molecule has 0 atom stereocenters. The number of nitrogens with one attached hydrogen (secondary N) is 2. The van der Waals surface area contributed by atoms with E-state index in [1.54, 1.807) is 6.07 Å². The van der Waals surface area contributed by atoms with Crippen molar-refractivity contribution in [3.8, 4) is 0 Å². The minimum atomic E-state index is -0.621. The molecule has 2 fully saturated rings. The van der Waals surface area contributed by atoms with Gasteiger partial charge in [-0.25, -0.2) is 9.78 Å². The molecule has 3 aromatic rings. The second-order valence-corrected chi connectivity index (χ2v) is 9.61. The van der Waals surface area contributed by atoms with Crippen molar-refractivity contribution in [2.45, 2.75) is 51.5 Å². The van der Waals surface area contributed by atoms with Crippen LogP contribution in [0.2, 0.25) is 0 Å². The SMILES string of the molecule is CCCn1c(=O)[nH]c(=O)c2c(C(=O)Nc3ccccc3N3CCC(C(N)=O)CC3)cc(C3CC3)nc21. The molecule has 0 spiro atoms. The van der Waals surface area contributed by atoms with Crippen LogP contribution in [-0.2, 0) is 11.3 Å².